The predicted molar refractivity (Wildman–Crippen MR) is 58.0 cm³/mol. The molecular formula is C10H10N4O3. The number of rotatable bonds is 3. The summed E-state index contributed by atoms with van der Waals surface area (Å²) in [4.78, 5) is 26.5. The van der Waals surface area contributed by atoms with Gasteiger partial charge >= 0.3 is 5.91 Å². The molecule has 0 aliphatic rings. The molecule has 0 saturated heterocycles. The van der Waals surface area contributed by atoms with Crippen molar-refractivity contribution in [2.75, 3.05) is 0 Å². The van der Waals surface area contributed by atoms with Crippen LogP contribution in [0.2, 0.25) is 0 Å². The number of carbonyl (C=O) groups is 1. The van der Waals surface area contributed by atoms with Gasteiger partial charge in [-0.2, -0.15) is 0 Å². The first-order valence-electron chi connectivity index (χ1n) is 4.80. The van der Waals surface area contributed by atoms with Crippen LogP contribution in [0.3, 0.4) is 0 Å². The van der Waals surface area contributed by atoms with Gasteiger partial charge in [-0.05, 0) is 6.07 Å². The van der Waals surface area contributed by atoms with E-state index in [1.54, 1.807) is 6.07 Å². The Balaban J connectivity index is 2.31. The van der Waals surface area contributed by atoms with Crippen molar-refractivity contribution in [2.24, 2.45) is 5.84 Å². The normalized spacial score (nSPS) is 10.2. The monoisotopic (exact) mass is 234 g/mol. The third kappa shape index (κ3) is 2.23. The van der Waals surface area contributed by atoms with Crippen LogP contribution in [0.4, 0.5) is 0 Å². The number of hydrazine groups is 1. The van der Waals surface area contributed by atoms with E-state index in [0.717, 1.165) is 0 Å². The Bertz CT molecular complexity index is 587. The zero-order chi connectivity index (χ0) is 12.3. The van der Waals surface area contributed by atoms with Crippen LogP contribution < -0.4 is 16.8 Å². The second-order valence-electron chi connectivity index (χ2n) is 3.29. The van der Waals surface area contributed by atoms with E-state index in [2.05, 4.69) is 4.98 Å². The lowest BCUT2D eigenvalue weighted by Crippen LogP contribution is -2.31. The molecule has 0 bridgehead atoms. The van der Waals surface area contributed by atoms with Gasteiger partial charge in [0.1, 0.15) is 0 Å². The second-order valence-corrected chi connectivity index (χ2v) is 3.29. The zero-order valence-electron chi connectivity index (χ0n) is 8.79. The standard InChI is InChI=1S/C10H10N4O3/c11-13-10(16)9-7(1-4-17-9)6-14-3-2-12-5-8(14)15/h1-5H,6,11H2,(H,13,16). The fraction of sp³-hybridized carbons (Fsp3) is 0.100. The number of nitrogens with one attached hydrogen (secondary N) is 1. The Morgan fingerprint density at radius 2 is 2.41 bits per heavy atom. The van der Waals surface area contributed by atoms with Gasteiger partial charge in [0.2, 0.25) is 0 Å². The number of nitrogens with two attached hydrogens (primary N) is 1. The van der Waals surface area contributed by atoms with E-state index in [1.165, 1.54) is 29.4 Å². The molecule has 2 rings (SSSR count). The fourth-order valence-corrected chi connectivity index (χ4v) is 1.41. The highest BCUT2D eigenvalue weighted by atomic mass is 16.3. The van der Waals surface area contributed by atoms with Gasteiger partial charge in [-0.25, -0.2) is 5.84 Å². The molecule has 88 valence electrons. The van der Waals surface area contributed by atoms with Crippen molar-refractivity contribution < 1.29 is 9.21 Å². The lowest BCUT2D eigenvalue weighted by atomic mass is 10.2. The molecule has 0 aromatic carbocycles. The Hall–Kier alpha value is -2.41. The van der Waals surface area contributed by atoms with Gasteiger partial charge in [0.05, 0.1) is 19.0 Å². The maximum absolute atomic E-state index is 11.4. The molecule has 0 aliphatic heterocycles. The summed E-state index contributed by atoms with van der Waals surface area (Å²) >= 11 is 0. The maximum atomic E-state index is 11.4. The van der Waals surface area contributed by atoms with Crippen molar-refractivity contribution in [3.05, 3.63) is 52.6 Å². The van der Waals surface area contributed by atoms with E-state index in [9.17, 15) is 9.59 Å². The summed E-state index contributed by atoms with van der Waals surface area (Å²) in [5.41, 5.74) is 2.29. The number of furan rings is 1. The Labute approximate surface area is 95.8 Å². The molecule has 7 heteroatoms. The number of nitrogens with zero attached hydrogens (tertiary/aromatic N) is 2. The lowest BCUT2D eigenvalue weighted by molar-refractivity contribution is 0.0924. The van der Waals surface area contributed by atoms with Gasteiger partial charge in [-0.1, -0.05) is 0 Å². The summed E-state index contributed by atoms with van der Waals surface area (Å²) in [5.74, 6) is 4.58. The molecule has 0 unspecified atom stereocenters. The van der Waals surface area contributed by atoms with Gasteiger partial charge in [0.15, 0.2) is 5.76 Å². The summed E-state index contributed by atoms with van der Waals surface area (Å²) in [7, 11) is 0. The highest BCUT2D eigenvalue weighted by molar-refractivity contribution is 5.92. The molecule has 1 amide bonds. The number of hydrogen-bond donors (Lipinski definition) is 2. The third-order valence-electron chi connectivity index (χ3n) is 2.23. The quantitative estimate of drug-likeness (QED) is 0.423. The van der Waals surface area contributed by atoms with Gasteiger partial charge in [-0.3, -0.25) is 20.0 Å². The van der Waals surface area contributed by atoms with Crippen LogP contribution in [0, 0.1) is 0 Å². The molecule has 0 fully saturated rings. The summed E-state index contributed by atoms with van der Waals surface area (Å²) < 4.78 is 6.41. The van der Waals surface area contributed by atoms with E-state index in [4.69, 9.17) is 10.3 Å². The summed E-state index contributed by atoms with van der Waals surface area (Å²) in [5, 5.41) is 0. The molecule has 0 radical (unpaired) electrons. The Morgan fingerprint density at radius 1 is 1.59 bits per heavy atom. The molecule has 0 saturated carbocycles. The average Bonchev–Trinajstić information content (AvgIpc) is 2.79. The van der Waals surface area contributed by atoms with Crippen LogP contribution >= 0.6 is 0 Å². The molecule has 0 spiro atoms. The van der Waals surface area contributed by atoms with Crippen LogP contribution in [0.5, 0.6) is 0 Å². The van der Waals surface area contributed by atoms with Crippen LogP contribution in [0.15, 0.2) is 40.1 Å². The van der Waals surface area contributed by atoms with Crippen molar-refractivity contribution >= 4 is 5.91 Å². The van der Waals surface area contributed by atoms with Crippen molar-refractivity contribution in [2.45, 2.75) is 6.54 Å². The van der Waals surface area contributed by atoms with E-state index < -0.39 is 5.91 Å². The first kappa shape index (κ1) is 11.1. The highest BCUT2D eigenvalue weighted by Crippen LogP contribution is 2.11. The number of nitrogen functional groups attached to an aromatic ring is 1. The zero-order valence-corrected chi connectivity index (χ0v) is 8.79. The molecule has 7 nitrogen and oxygen atoms in total. The summed E-state index contributed by atoms with van der Waals surface area (Å²) in [6.45, 7) is 0.223. The van der Waals surface area contributed by atoms with Crippen molar-refractivity contribution in [3.8, 4) is 0 Å². The van der Waals surface area contributed by atoms with Crippen molar-refractivity contribution in [1.82, 2.24) is 15.0 Å². The first-order chi connectivity index (χ1) is 8.22. The maximum Gasteiger partial charge on any atom is 0.301 e. The van der Waals surface area contributed by atoms with Gasteiger partial charge in [0, 0.05) is 18.0 Å². The molecule has 2 heterocycles. The minimum Gasteiger partial charge on any atom is -0.459 e. The van der Waals surface area contributed by atoms with E-state index in [-0.39, 0.29) is 17.9 Å². The summed E-state index contributed by atoms with van der Waals surface area (Å²) in [6, 6.07) is 1.61. The molecule has 0 aliphatic carbocycles. The van der Waals surface area contributed by atoms with Gasteiger partial charge in [0.25, 0.3) is 5.56 Å². The van der Waals surface area contributed by atoms with Crippen LogP contribution in [-0.4, -0.2) is 15.5 Å². The van der Waals surface area contributed by atoms with E-state index in [0.29, 0.717) is 5.56 Å². The Morgan fingerprint density at radius 3 is 3.12 bits per heavy atom. The van der Waals surface area contributed by atoms with E-state index >= 15 is 0 Å². The smallest absolute Gasteiger partial charge is 0.301 e. The highest BCUT2D eigenvalue weighted by Gasteiger charge is 2.14. The molecule has 3 N–H and O–H groups in total. The van der Waals surface area contributed by atoms with Gasteiger partial charge in [-0.15, -0.1) is 0 Å². The number of aromatic nitrogens is 2. The third-order valence-corrected chi connectivity index (χ3v) is 2.23. The largest absolute Gasteiger partial charge is 0.459 e. The lowest BCUT2D eigenvalue weighted by Gasteiger charge is -2.04. The first-order valence-corrected chi connectivity index (χ1v) is 4.80. The van der Waals surface area contributed by atoms with Gasteiger partial charge < -0.3 is 8.98 Å². The van der Waals surface area contributed by atoms with Crippen LogP contribution in [0.1, 0.15) is 16.1 Å². The van der Waals surface area contributed by atoms with Crippen molar-refractivity contribution in [3.63, 3.8) is 0 Å². The number of amides is 1. The minimum atomic E-state index is -0.535. The average molecular weight is 234 g/mol. The topological polar surface area (TPSA) is 103 Å². The second kappa shape index (κ2) is 4.62. The number of carbonyl (C=O) groups excluding carboxylic acids is 1. The molecule has 17 heavy (non-hydrogen) atoms. The van der Waals surface area contributed by atoms with Crippen LogP contribution in [0.25, 0.3) is 0 Å². The molecular weight excluding hydrogens is 224 g/mol. The Kier molecular flexibility index (Phi) is 3.01. The SMILES string of the molecule is NNC(=O)c1occc1Cn1ccncc1=O. The molecule has 0 atom stereocenters. The van der Waals surface area contributed by atoms with Crippen molar-refractivity contribution in [1.29, 1.82) is 0 Å². The number of hydrogen-bond acceptors (Lipinski definition) is 5. The minimum absolute atomic E-state index is 0.0937. The van der Waals surface area contributed by atoms with Crippen LogP contribution in [-0.2, 0) is 6.54 Å². The fourth-order valence-electron chi connectivity index (χ4n) is 1.41. The summed E-state index contributed by atoms with van der Waals surface area (Å²) in [6.07, 6.45) is 5.58. The van der Waals surface area contributed by atoms with E-state index in [1.807, 2.05) is 5.43 Å². The predicted octanol–water partition coefficient (Wildman–Crippen LogP) is -0.512. The molecule has 2 aromatic heterocycles. The molecule has 2 aromatic rings.